The molecule has 1 aliphatic heterocycles. The Morgan fingerprint density at radius 1 is 1.33 bits per heavy atom. The quantitative estimate of drug-likeness (QED) is 0.928. The van der Waals surface area contributed by atoms with Crippen molar-refractivity contribution in [3.05, 3.63) is 35.4 Å². The number of carboxylic acids is 1. The summed E-state index contributed by atoms with van der Waals surface area (Å²) in [7, 11) is 0. The van der Waals surface area contributed by atoms with Crippen LogP contribution < -0.4 is 0 Å². The largest absolute Gasteiger partial charge is 0.478 e. The van der Waals surface area contributed by atoms with Crippen molar-refractivity contribution in [1.29, 1.82) is 0 Å². The van der Waals surface area contributed by atoms with Gasteiger partial charge >= 0.3 is 12.1 Å². The predicted octanol–water partition coefficient (Wildman–Crippen LogP) is 3.55. The van der Waals surface area contributed by atoms with E-state index in [1.165, 1.54) is 12.1 Å². The van der Waals surface area contributed by atoms with Crippen LogP contribution >= 0.6 is 0 Å². The minimum Gasteiger partial charge on any atom is -0.478 e. The highest BCUT2D eigenvalue weighted by atomic mass is 19.4. The number of carbonyl (C=O) groups is 1. The molecule has 0 amide bonds. The molecule has 3 nitrogen and oxygen atoms in total. The lowest BCUT2D eigenvalue weighted by atomic mass is 9.91. The molecular formula is C15H18F3NO2. The van der Waals surface area contributed by atoms with Gasteiger partial charge in [-0.25, -0.2) is 4.79 Å². The SMILES string of the molecule is CC1CC(C(F)(F)F)CCN1Cc1ccc(C(=O)O)cc1. The lowest BCUT2D eigenvalue weighted by molar-refractivity contribution is -0.189. The van der Waals surface area contributed by atoms with Gasteiger partial charge in [0.25, 0.3) is 0 Å². The summed E-state index contributed by atoms with van der Waals surface area (Å²) in [5.41, 5.74) is 1.12. The van der Waals surface area contributed by atoms with E-state index in [4.69, 9.17) is 5.11 Å². The van der Waals surface area contributed by atoms with E-state index >= 15 is 0 Å². The molecule has 0 aliphatic carbocycles. The van der Waals surface area contributed by atoms with Crippen LogP contribution in [0.15, 0.2) is 24.3 Å². The number of rotatable bonds is 3. The van der Waals surface area contributed by atoms with Gasteiger partial charge in [-0.05, 0) is 44.0 Å². The maximum Gasteiger partial charge on any atom is 0.391 e. The molecule has 1 aromatic carbocycles. The normalized spacial score (nSPS) is 24.0. The molecule has 1 N–H and O–H groups in total. The minimum absolute atomic E-state index is 0.122. The summed E-state index contributed by atoms with van der Waals surface area (Å²) in [5.74, 6) is -2.20. The summed E-state index contributed by atoms with van der Waals surface area (Å²) in [6.07, 6.45) is -3.86. The molecule has 0 radical (unpaired) electrons. The fourth-order valence-electron chi connectivity index (χ4n) is 2.74. The van der Waals surface area contributed by atoms with Crippen molar-refractivity contribution < 1.29 is 23.1 Å². The maximum atomic E-state index is 12.7. The standard InChI is InChI=1S/C15H18F3NO2/c1-10-8-13(15(16,17)18)6-7-19(10)9-11-2-4-12(5-3-11)14(20)21/h2-5,10,13H,6-9H2,1H3,(H,20,21). The van der Waals surface area contributed by atoms with E-state index in [0.717, 1.165) is 5.56 Å². The third kappa shape index (κ3) is 3.97. The molecule has 21 heavy (non-hydrogen) atoms. The Hall–Kier alpha value is -1.56. The second-order valence-corrected chi connectivity index (χ2v) is 5.58. The van der Waals surface area contributed by atoms with Crippen LogP contribution in [0, 0.1) is 5.92 Å². The lowest BCUT2D eigenvalue weighted by Crippen LogP contribution is -2.44. The molecule has 0 spiro atoms. The van der Waals surface area contributed by atoms with Crippen LogP contribution in [0.3, 0.4) is 0 Å². The molecule has 2 rings (SSSR count). The second kappa shape index (κ2) is 6.05. The minimum atomic E-state index is -4.11. The van der Waals surface area contributed by atoms with Crippen molar-refractivity contribution in [2.24, 2.45) is 5.92 Å². The Labute approximate surface area is 121 Å². The first-order valence-electron chi connectivity index (χ1n) is 6.90. The number of likely N-dealkylation sites (tertiary alicyclic amines) is 1. The van der Waals surface area contributed by atoms with Crippen molar-refractivity contribution in [2.75, 3.05) is 6.54 Å². The zero-order chi connectivity index (χ0) is 15.6. The van der Waals surface area contributed by atoms with Gasteiger partial charge in [-0.1, -0.05) is 12.1 Å². The fourth-order valence-corrected chi connectivity index (χ4v) is 2.74. The van der Waals surface area contributed by atoms with Crippen LogP contribution in [-0.2, 0) is 6.54 Å². The van der Waals surface area contributed by atoms with Crippen LogP contribution in [0.5, 0.6) is 0 Å². The number of alkyl halides is 3. The van der Waals surface area contributed by atoms with E-state index in [2.05, 4.69) is 0 Å². The summed E-state index contributed by atoms with van der Waals surface area (Å²) in [4.78, 5) is 12.8. The second-order valence-electron chi connectivity index (χ2n) is 5.58. The van der Waals surface area contributed by atoms with Crippen LogP contribution in [-0.4, -0.2) is 34.7 Å². The van der Waals surface area contributed by atoms with Gasteiger partial charge in [0.1, 0.15) is 0 Å². The molecule has 1 fully saturated rings. The van der Waals surface area contributed by atoms with Crippen LogP contribution in [0.2, 0.25) is 0 Å². The number of hydrogen-bond donors (Lipinski definition) is 1. The fraction of sp³-hybridized carbons (Fsp3) is 0.533. The molecule has 1 aromatic rings. The van der Waals surface area contributed by atoms with Gasteiger partial charge in [-0.15, -0.1) is 0 Å². The molecule has 0 aromatic heterocycles. The van der Waals surface area contributed by atoms with Gasteiger partial charge in [-0.3, -0.25) is 4.90 Å². The van der Waals surface area contributed by atoms with E-state index in [-0.39, 0.29) is 24.4 Å². The molecule has 1 aliphatic rings. The molecular weight excluding hydrogens is 283 g/mol. The third-order valence-corrected chi connectivity index (χ3v) is 4.06. The summed E-state index contributed by atoms with van der Waals surface area (Å²) in [6, 6.07) is 6.33. The summed E-state index contributed by atoms with van der Waals surface area (Å²) >= 11 is 0. The summed E-state index contributed by atoms with van der Waals surface area (Å²) in [6.45, 7) is 2.77. The Morgan fingerprint density at radius 2 is 1.95 bits per heavy atom. The van der Waals surface area contributed by atoms with Crippen molar-refractivity contribution in [3.8, 4) is 0 Å². The number of nitrogens with zero attached hydrogens (tertiary/aromatic N) is 1. The van der Waals surface area contributed by atoms with Gasteiger partial charge in [-0.2, -0.15) is 13.2 Å². The number of carboxylic acid groups (broad SMARTS) is 1. The first-order chi connectivity index (χ1) is 9.77. The molecule has 6 heteroatoms. The average molecular weight is 301 g/mol. The van der Waals surface area contributed by atoms with E-state index in [1.807, 2.05) is 11.8 Å². The van der Waals surface area contributed by atoms with Crippen molar-refractivity contribution >= 4 is 5.97 Å². The van der Waals surface area contributed by atoms with Gasteiger partial charge in [0.15, 0.2) is 0 Å². The smallest absolute Gasteiger partial charge is 0.391 e. The summed E-state index contributed by atoms with van der Waals surface area (Å²) < 4.78 is 38.1. The topological polar surface area (TPSA) is 40.5 Å². The van der Waals surface area contributed by atoms with Gasteiger partial charge in [0.2, 0.25) is 0 Å². The molecule has 2 unspecified atom stereocenters. The van der Waals surface area contributed by atoms with Gasteiger partial charge in [0.05, 0.1) is 11.5 Å². The number of piperidine rings is 1. The monoisotopic (exact) mass is 301 g/mol. The molecule has 1 saturated heterocycles. The molecule has 0 bridgehead atoms. The Kier molecular flexibility index (Phi) is 4.56. The highest BCUT2D eigenvalue weighted by Crippen LogP contribution is 2.36. The first kappa shape index (κ1) is 15.8. The Balaban J connectivity index is 1.96. The zero-order valence-corrected chi connectivity index (χ0v) is 11.7. The maximum absolute atomic E-state index is 12.7. The van der Waals surface area contributed by atoms with Crippen LogP contribution in [0.1, 0.15) is 35.7 Å². The van der Waals surface area contributed by atoms with E-state index in [0.29, 0.717) is 13.1 Å². The van der Waals surface area contributed by atoms with Crippen molar-refractivity contribution in [3.63, 3.8) is 0 Å². The molecule has 0 saturated carbocycles. The van der Waals surface area contributed by atoms with E-state index < -0.39 is 18.1 Å². The Bertz CT molecular complexity index is 499. The van der Waals surface area contributed by atoms with Gasteiger partial charge in [0, 0.05) is 12.6 Å². The summed E-state index contributed by atoms with van der Waals surface area (Å²) in [5, 5.41) is 8.83. The number of aromatic carboxylic acids is 1. The average Bonchev–Trinajstić information content (AvgIpc) is 2.40. The highest BCUT2D eigenvalue weighted by Gasteiger charge is 2.43. The highest BCUT2D eigenvalue weighted by molar-refractivity contribution is 5.87. The number of halogens is 3. The Morgan fingerprint density at radius 3 is 2.43 bits per heavy atom. The lowest BCUT2D eigenvalue weighted by Gasteiger charge is -2.38. The third-order valence-electron chi connectivity index (χ3n) is 4.06. The molecule has 2 atom stereocenters. The van der Waals surface area contributed by atoms with Crippen molar-refractivity contribution in [1.82, 2.24) is 4.90 Å². The zero-order valence-electron chi connectivity index (χ0n) is 11.7. The van der Waals surface area contributed by atoms with Crippen LogP contribution in [0.25, 0.3) is 0 Å². The van der Waals surface area contributed by atoms with Crippen LogP contribution in [0.4, 0.5) is 13.2 Å². The molecule has 116 valence electrons. The van der Waals surface area contributed by atoms with Gasteiger partial charge < -0.3 is 5.11 Å². The van der Waals surface area contributed by atoms with Crippen molar-refractivity contribution in [2.45, 2.75) is 38.5 Å². The predicted molar refractivity (Wildman–Crippen MR) is 72.1 cm³/mol. The van der Waals surface area contributed by atoms with E-state index in [1.54, 1.807) is 12.1 Å². The number of hydrogen-bond acceptors (Lipinski definition) is 2. The number of benzene rings is 1. The first-order valence-corrected chi connectivity index (χ1v) is 6.90. The molecule has 1 heterocycles. The van der Waals surface area contributed by atoms with E-state index in [9.17, 15) is 18.0 Å².